The van der Waals surface area contributed by atoms with Gasteiger partial charge >= 0.3 is 0 Å². The summed E-state index contributed by atoms with van der Waals surface area (Å²) in [4.78, 5) is 55.8. The summed E-state index contributed by atoms with van der Waals surface area (Å²) in [5, 5.41) is 4.65. The zero-order valence-electron chi connectivity index (χ0n) is 25.3. The van der Waals surface area contributed by atoms with Gasteiger partial charge in [-0.2, -0.15) is 4.98 Å². The van der Waals surface area contributed by atoms with Gasteiger partial charge in [-0.15, -0.1) is 0 Å². The minimum atomic E-state index is -3.83. The van der Waals surface area contributed by atoms with Gasteiger partial charge in [0.25, 0.3) is 5.91 Å². The number of rotatable bonds is 5. The minimum Gasteiger partial charge on any atom is -0.472 e. The van der Waals surface area contributed by atoms with Crippen molar-refractivity contribution in [1.82, 2.24) is 29.9 Å². The molecule has 14 heteroatoms. The molecule has 3 fully saturated rings. The van der Waals surface area contributed by atoms with Crippen LogP contribution in [-0.2, 0) is 24.4 Å². The summed E-state index contributed by atoms with van der Waals surface area (Å²) in [6.07, 6.45) is 11.5. The lowest BCUT2D eigenvalue weighted by molar-refractivity contribution is -0.140. The molecular weight excluding hydrogens is 610 g/mol. The first-order valence-electron chi connectivity index (χ1n) is 15.9. The van der Waals surface area contributed by atoms with Gasteiger partial charge in [0.2, 0.25) is 27.7 Å². The van der Waals surface area contributed by atoms with Crippen molar-refractivity contribution in [2.24, 2.45) is 11.7 Å². The van der Waals surface area contributed by atoms with Gasteiger partial charge in [0, 0.05) is 29.3 Å². The summed E-state index contributed by atoms with van der Waals surface area (Å²) in [6.45, 7) is 0.0844. The number of hydrogen-bond acceptors (Lipinski definition) is 10. The number of aromatic nitrogens is 3. The van der Waals surface area contributed by atoms with Crippen molar-refractivity contribution >= 4 is 49.6 Å². The van der Waals surface area contributed by atoms with Crippen molar-refractivity contribution < 1.29 is 27.5 Å². The average molecular weight is 648 g/mol. The molecule has 2 aromatic heterocycles. The van der Waals surface area contributed by atoms with E-state index in [1.54, 1.807) is 6.20 Å². The number of hydrogen-bond donors (Lipinski definition) is 3. The van der Waals surface area contributed by atoms with E-state index in [9.17, 15) is 22.8 Å². The molecule has 4 N–H and O–H groups in total. The van der Waals surface area contributed by atoms with Crippen molar-refractivity contribution in [2.75, 3.05) is 6.54 Å². The lowest BCUT2D eigenvalue weighted by atomic mass is 10.1. The molecule has 46 heavy (non-hydrogen) atoms. The van der Waals surface area contributed by atoms with Crippen LogP contribution >= 0.6 is 0 Å². The Morgan fingerprint density at radius 2 is 1.89 bits per heavy atom. The normalized spacial score (nSPS) is 29.6. The van der Waals surface area contributed by atoms with Gasteiger partial charge in [0.05, 0.1) is 17.8 Å². The van der Waals surface area contributed by atoms with E-state index in [0.717, 1.165) is 41.8 Å². The van der Waals surface area contributed by atoms with E-state index >= 15 is 0 Å². The SMILES string of the molecule is N[C@H]1CCCCC/C=C\[C@@H]2C[C@@]2(C(=O)NS(=O)(=O)C2CC2)NC(=O)[C@@H]2C[C@@H](Oc3nc4ncncc4c4ccccc34)CN2C1=O. The third-order valence-electron chi connectivity index (χ3n) is 9.51. The van der Waals surface area contributed by atoms with Crippen LogP contribution in [0.25, 0.3) is 21.8 Å². The number of nitrogens with two attached hydrogens (primary N) is 1. The second-order valence-corrected chi connectivity index (χ2v) is 14.8. The average Bonchev–Trinajstić information content (AvgIpc) is 3.97. The number of benzene rings is 1. The maximum Gasteiger partial charge on any atom is 0.259 e. The number of fused-ring (bicyclic) bond motifs is 5. The summed E-state index contributed by atoms with van der Waals surface area (Å²) in [6, 6.07) is 5.79. The number of carbonyl (C=O) groups is 3. The Morgan fingerprint density at radius 1 is 1.09 bits per heavy atom. The number of allylic oxidation sites excluding steroid dienone is 1. The Bertz CT molecular complexity index is 1850. The van der Waals surface area contributed by atoms with Gasteiger partial charge in [-0.05, 0) is 50.0 Å². The van der Waals surface area contributed by atoms with Crippen LogP contribution < -0.4 is 20.5 Å². The molecule has 1 saturated heterocycles. The fraction of sp³-hybridized carbons (Fsp3) is 0.500. The second-order valence-electron chi connectivity index (χ2n) is 12.8. The van der Waals surface area contributed by atoms with Crippen molar-refractivity contribution in [3.05, 3.63) is 48.9 Å². The monoisotopic (exact) mass is 647 g/mol. The van der Waals surface area contributed by atoms with E-state index in [1.807, 2.05) is 36.4 Å². The maximum absolute atomic E-state index is 14.0. The molecular formula is C32H37N7O6S. The second kappa shape index (κ2) is 11.9. The van der Waals surface area contributed by atoms with Crippen molar-refractivity contribution in [3.63, 3.8) is 0 Å². The van der Waals surface area contributed by atoms with Crippen LogP contribution in [0.4, 0.5) is 0 Å². The first-order chi connectivity index (χ1) is 22.2. The fourth-order valence-electron chi connectivity index (χ4n) is 6.65. The van der Waals surface area contributed by atoms with Crippen molar-refractivity contribution in [1.29, 1.82) is 0 Å². The molecule has 3 aromatic rings. The highest BCUT2D eigenvalue weighted by molar-refractivity contribution is 7.91. The van der Waals surface area contributed by atoms with Gasteiger partial charge in [-0.25, -0.2) is 18.4 Å². The number of carbonyl (C=O) groups excluding carboxylic acids is 3. The zero-order chi connectivity index (χ0) is 32.1. The molecule has 2 aliphatic heterocycles. The molecule has 2 saturated carbocycles. The Kier molecular flexibility index (Phi) is 7.87. The van der Waals surface area contributed by atoms with E-state index < -0.39 is 50.8 Å². The summed E-state index contributed by atoms with van der Waals surface area (Å²) in [5.41, 5.74) is 5.40. The standard InChI is InChI=1S/C32H37N7O6S/c33-25-11-5-3-1-2-4-8-19-15-32(19,31(42)38-46(43,44)21-12-13-21)37-28(40)26-14-20(17-39(26)30(25)41)45-29-23-10-7-6-9-22(23)24-16-34-18-35-27(24)36-29/h4,6-10,16,18-21,25-26H,1-3,5,11-15,17,33H2,(H,37,40)(H,38,42)/b8-4-/t19-,20-,25+,26+,32-/m1/s1. The molecule has 7 rings (SSSR count). The van der Waals surface area contributed by atoms with Gasteiger partial charge in [0.15, 0.2) is 5.65 Å². The molecule has 1 aromatic carbocycles. The first-order valence-corrected chi connectivity index (χ1v) is 17.5. The van der Waals surface area contributed by atoms with Gasteiger partial charge in [-0.3, -0.25) is 19.1 Å². The molecule has 242 valence electrons. The van der Waals surface area contributed by atoms with Crippen LogP contribution in [0.1, 0.15) is 57.8 Å². The van der Waals surface area contributed by atoms with E-state index in [-0.39, 0.29) is 31.2 Å². The van der Waals surface area contributed by atoms with Gasteiger partial charge < -0.3 is 20.7 Å². The lowest BCUT2D eigenvalue weighted by Gasteiger charge is -2.28. The third-order valence-corrected chi connectivity index (χ3v) is 11.3. The molecule has 0 radical (unpaired) electrons. The minimum absolute atomic E-state index is 0.0844. The summed E-state index contributed by atoms with van der Waals surface area (Å²) >= 11 is 0. The smallest absolute Gasteiger partial charge is 0.259 e. The molecule has 5 atom stereocenters. The number of ether oxygens (including phenoxy) is 1. The molecule has 0 spiro atoms. The summed E-state index contributed by atoms with van der Waals surface area (Å²) in [5.74, 6) is -1.72. The Balaban J connectivity index is 1.18. The largest absolute Gasteiger partial charge is 0.472 e. The summed E-state index contributed by atoms with van der Waals surface area (Å²) < 4.78 is 34.0. The van der Waals surface area contributed by atoms with Crippen LogP contribution in [0.2, 0.25) is 0 Å². The molecule has 0 bridgehead atoms. The molecule has 3 amide bonds. The maximum atomic E-state index is 14.0. The zero-order valence-corrected chi connectivity index (χ0v) is 26.1. The number of nitrogens with zero attached hydrogens (tertiary/aromatic N) is 4. The highest BCUT2D eigenvalue weighted by atomic mass is 32.2. The van der Waals surface area contributed by atoms with Crippen molar-refractivity contribution in [2.45, 2.75) is 86.8 Å². The van der Waals surface area contributed by atoms with Gasteiger partial charge in [-0.1, -0.05) is 43.2 Å². The number of pyridine rings is 1. The molecule has 0 unspecified atom stereocenters. The Hall–Kier alpha value is -4.17. The molecule has 4 aliphatic rings. The van der Waals surface area contributed by atoms with Gasteiger partial charge in [0.1, 0.15) is 24.0 Å². The van der Waals surface area contributed by atoms with Crippen molar-refractivity contribution in [3.8, 4) is 5.88 Å². The van der Waals surface area contributed by atoms with Crippen LogP contribution in [0.15, 0.2) is 48.9 Å². The topological polar surface area (TPSA) is 187 Å². The molecule has 2 aliphatic carbocycles. The van der Waals surface area contributed by atoms with E-state index in [1.165, 1.54) is 11.2 Å². The van der Waals surface area contributed by atoms with Crippen LogP contribution in [0.5, 0.6) is 5.88 Å². The lowest BCUT2D eigenvalue weighted by Crippen LogP contribution is -2.57. The highest BCUT2D eigenvalue weighted by Crippen LogP contribution is 2.46. The fourth-order valence-corrected chi connectivity index (χ4v) is 8.02. The first kappa shape index (κ1) is 30.5. The predicted molar refractivity (Wildman–Crippen MR) is 169 cm³/mol. The van der Waals surface area contributed by atoms with E-state index in [0.29, 0.717) is 30.8 Å². The molecule has 13 nitrogen and oxygen atoms in total. The van der Waals surface area contributed by atoms with Crippen LogP contribution in [-0.4, -0.2) is 81.5 Å². The quantitative estimate of drug-likeness (QED) is 0.273. The van der Waals surface area contributed by atoms with Crippen LogP contribution in [0, 0.1) is 5.92 Å². The van der Waals surface area contributed by atoms with E-state index in [2.05, 4.69) is 25.0 Å². The number of sulfonamides is 1. The number of nitrogens with one attached hydrogen (secondary N) is 2. The Labute approximate surface area is 266 Å². The van der Waals surface area contributed by atoms with Crippen LogP contribution in [0.3, 0.4) is 0 Å². The summed E-state index contributed by atoms with van der Waals surface area (Å²) in [7, 11) is -3.83. The van der Waals surface area contributed by atoms with E-state index in [4.69, 9.17) is 10.5 Å². The number of amides is 3. The predicted octanol–water partition coefficient (Wildman–Crippen LogP) is 1.86. The Morgan fingerprint density at radius 3 is 2.70 bits per heavy atom. The third kappa shape index (κ3) is 5.79. The molecule has 4 heterocycles. The highest BCUT2D eigenvalue weighted by Gasteiger charge is 2.62.